The normalized spacial score (nSPS) is 5.67. The van der Waals surface area contributed by atoms with E-state index in [2.05, 4.69) is 4.89 Å². The van der Waals surface area contributed by atoms with Crippen LogP contribution in [0.1, 0.15) is 6.92 Å². The molecule has 0 aromatic rings. The van der Waals surface area contributed by atoms with E-state index in [0.29, 0.717) is 0 Å². The Labute approximate surface area is 48.9 Å². The van der Waals surface area contributed by atoms with Gasteiger partial charge in [0.05, 0.1) is 0 Å². The van der Waals surface area contributed by atoms with E-state index in [9.17, 15) is 4.79 Å². The van der Waals surface area contributed by atoms with Crippen molar-refractivity contribution in [2.75, 3.05) is 0 Å². The average Bonchev–Trinajstić information content (AvgIpc) is 1.38. The summed E-state index contributed by atoms with van der Waals surface area (Å²) >= 11 is 0. The van der Waals surface area contributed by atoms with E-state index in [1.165, 1.54) is 0 Å². The monoisotopic (exact) mass is 182 g/mol. The summed E-state index contributed by atoms with van der Waals surface area (Å²) in [6, 6.07) is 0. The van der Waals surface area contributed by atoms with Crippen molar-refractivity contribution < 1.29 is 35.4 Å². The molecule has 1 N–H and O–H groups in total. The molecular formula is C2H4O3Pd. The van der Waals surface area contributed by atoms with E-state index in [1.807, 2.05) is 0 Å². The Balaban J connectivity index is 0. The van der Waals surface area contributed by atoms with Crippen LogP contribution in [0.25, 0.3) is 0 Å². The van der Waals surface area contributed by atoms with Gasteiger partial charge < -0.3 is 4.89 Å². The van der Waals surface area contributed by atoms with Crippen molar-refractivity contribution in [2.45, 2.75) is 6.92 Å². The maximum absolute atomic E-state index is 9.34. The van der Waals surface area contributed by atoms with Crippen molar-refractivity contribution in [1.29, 1.82) is 0 Å². The molecule has 0 aliphatic rings. The fraction of sp³-hybridized carbons (Fsp3) is 0.500. The van der Waals surface area contributed by atoms with Gasteiger partial charge in [-0.15, -0.1) is 0 Å². The van der Waals surface area contributed by atoms with Crippen LogP contribution >= 0.6 is 0 Å². The minimum absolute atomic E-state index is 0. The molecule has 0 heterocycles. The molecule has 0 saturated carbocycles. The summed E-state index contributed by atoms with van der Waals surface area (Å²) in [5, 5.41) is 7.29. The molecule has 0 amide bonds. The summed E-state index contributed by atoms with van der Waals surface area (Å²) in [6.07, 6.45) is 0. The fourth-order valence-electron chi connectivity index (χ4n) is 0. The molecule has 6 heavy (non-hydrogen) atoms. The number of carbonyl (C=O) groups is 1. The third-order valence-electron chi connectivity index (χ3n) is 0.129. The van der Waals surface area contributed by atoms with Gasteiger partial charge in [0.2, 0.25) is 0 Å². The van der Waals surface area contributed by atoms with Crippen molar-refractivity contribution in [2.24, 2.45) is 0 Å². The first-order chi connectivity index (χ1) is 2.27. The first-order valence-electron chi connectivity index (χ1n) is 1.09. The zero-order chi connectivity index (χ0) is 4.28. The van der Waals surface area contributed by atoms with Crippen LogP contribution in [0.2, 0.25) is 0 Å². The topological polar surface area (TPSA) is 46.5 Å². The number of hydrogen-bond donors (Lipinski definition) is 1. The molecule has 0 aromatic heterocycles. The van der Waals surface area contributed by atoms with Gasteiger partial charge in [-0.05, 0) is 0 Å². The van der Waals surface area contributed by atoms with Crippen LogP contribution in [0.3, 0.4) is 0 Å². The molecule has 0 bridgehead atoms. The largest absolute Gasteiger partial charge is 0.339 e. The zero-order valence-corrected chi connectivity index (χ0v) is 4.63. The summed E-state index contributed by atoms with van der Waals surface area (Å²) in [4.78, 5) is 12.5. The van der Waals surface area contributed by atoms with Gasteiger partial charge in [-0.3, -0.25) is 0 Å². The molecule has 0 unspecified atom stereocenters. The number of rotatable bonds is 0. The van der Waals surface area contributed by atoms with Crippen molar-refractivity contribution in [1.82, 2.24) is 0 Å². The smallest absolute Gasteiger partial charge is 0.301 e. The molecular weight excluding hydrogens is 178 g/mol. The molecule has 4 heteroatoms. The quantitative estimate of drug-likeness (QED) is 0.326. The molecule has 3 nitrogen and oxygen atoms in total. The van der Waals surface area contributed by atoms with Gasteiger partial charge in [-0.2, -0.15) is 5.26 Å². The van der Waals surface area contributed by atoms with E-state index in [0.717, 1.165) is 6.92 Å². The summed E-state index contributed by atoms with van der Waals surface area (Å²) in [6.45, 7) is 1.11. The fourth-order valence-corrected chi connectivity index (χ4v) is 0. The van der Waals surface area contributed by atoms with Gasteiger partial charge in [-0.25, -0.2) is 4.79 Å². The Hall–Kier alpha value is 0.0923. The third kappa shape index (κ3) is 8.94. The second kappa shape index (κ2) is 5.09. The Bertz CT molecular complexity index is 44.1. The van der Waals surface area contributed by atoms with E-state index in [-0.39, 0.29) is 20.4 Å². The minimum atomic E-state index is -0.690. The van der Waals surface area contributed by atoms with Crippen molar-refractivity contribution in [3.05, 3.63) is 0 Å². The Morgan fingerprint density at radius 3 is 2.00 bits per heavy atom. The maximum Gasteiger partial charge on any atom is 0.339 e. The second-order valence-electron chi connectivity index (χ2n) is 0.583. The van der Waals surface area contributed by atoms with Crippen molar-refractivity contribution in [3.8, 4) is 0 Å². The number of hydrogen-bond acceptors (Lipinski definition) is 3. The van der Waals surface area contributed by atoms with Gasteiger partial charge in [0.15, 0.2) is 0 Å². The molecule has 0 spiro atoms. The van der Waals surface area contributed by atoms with E-state index >= 15 is 0 Å². The van der Waals surface area contributed by atoms with Crippen LogP contribution in [0, 0.1) is 0 Å². The summed E-state index contributed by atoms with van der Waals surface area (Å²) < 4.78 is 0. The van der Waals surface area contributed by atoms with Crippen LogP contribution < -0.4 is 0 Å². The molecule has 0 aliphatic carbocycles. The molecule has 0 saturated heterocycles. The second-order valence-corrected chi connectivity index (χ2v) is 0.583. The van der Waals surface area contributed by atoms with Crippen LogP contribution in [-0.2, 0) is 30.1 Å². The summed E-state index contributed by atoms with van der Waals surface area (Å²) in [7, 11) is 0. The third-order valence-corrected chi connectivity index (χ3v) is 0.129. The molecule has 0 atom stereocenters. The van der Waals surface area contributed by atoms with E-state index < -0.39 is 5.97 Å². The van der Waals surface area contributed by atoms with Gasteiger partial charge in [0.1, 0.15) is 0 Å². The van der Waals surface area contributed by atoms with Gasteiger partial charge in [-0.1, -0.05) is 0 Å². The average molecular weight is 182 g/mol. The summed E-state index contributed by atoms with van der Waals surface area (Å²) in [5.41, 5.74) is 0. The standard InChI is InChI=1S/C2H4O3.Pd/c1-2(3)5-4;/h4H,1H3;. The Morgan fingerprint density at radius 2 is 2.00 bits per heavy atom. The Kier molecular flexibility index (Phi) is 8.01. The Morgan fingerprint density at radius 1 is 1.83 bits per heavy atom. The zero-order valence-electron chi connectivity index (χ0n) is 3.08. The minimum Gasteiger partial charge on any atom is -0.301 e. The van der Waals surface area contributed by atoms with Crippen LogP contribution in [0.15, 0.2) is 0 Å². The first kappa shape index (κ1) is 9.43. The van der Waals surface area contributed by atoms with Crippen LogP contribution in [0.5, 0.6) is 0 Å². The summed E-state index contributed by atoms with van der Waals surface area (Å²) in [5.74, 6) is -0.690. The number of carbonyl (C=O) groups excluding carboxylic acids is 1. The maximum atomic E-state index is 9.34. The van der Waals surface area contributed by atoms with E-state index in [1.54, 1.807) is 0 Å². The van der Waals surface area contributed by atoms with E-state index in [4.69, 9.17) is 5.26 Å². The first-order valence-corrected chi connectivity index (χ1v) is 1.09. The van der Waals surface area contributed by atoms with Gasteiger partial charge >= 0.3 is 5.97 Å². The SMILES string of the molecule is CC(=O)OO.[Pd]. The van der Waals surface area contributed by atoms with Crippen molar-refractivity contribution >= 4 is 5.97 Å². The molecule has 0 aliphatic heterocycles. The predicted molar refractivity (Wildman–Crippen MR) is 14.4 cm³/mol. The molecule has 0 rings (SSSR count). The van der Waals surface area contributed by atoms with Crippen LogP contribution in [0.4, 0.5) is 0 Å². The van der Waals surface area contributed by atoms with Crippen molar-refractivity contribution in [3.63, 3.8) is 0 Å². The molecule has 0 aromatic carbocycles. The predicted octanol–water partition coefficient (Wildman–Crippen LogP) is 0.0200. The molecule has 0 radical (unpaired) electrons. The molecule has 0 fully saturated rings. The van der Waals surface area contributed by atoms with Gasteiger partial charge in [0, 0.05) is 27.3 Å². The van der Waals surface area contributed by atoms with Crippen LogP contribution in [-0.4, -0.2) is 11.2 Å². The molecule has 40 valence electrons. The van der Waals surface area contributed by atoms with Gasteiger partial charge in [0.25, 0.3) is 0 Å².